The zero-order valence-electron chi connectivity index (χ0n) is 11.6. The molecule has 0 aliphatic heterocycles. The van der Waals surface area contributed by atoms with Gasteiger partial charge in [0.1, 0.15) is 0 Å². The van der Waals surface area contributed by atoms with Gasteiger partial charge in [-0.1, -0.05) is 44.2 Å². The summed E-state index contributed by atoms with van der Waals surface area (Å²) in [6.45, 7) is 5.69. The Kier molecular flexibility index (Phi) is 3.72. The molecule has 0 bridgehead atoms. The molecule has 2 unspecified atom stereocenters. The van der Waals surface area contributed by atoms with Gasteiger partial charge in [0.2, 0.25) is 0 Å². The Labute approximate surface area is 119 Å². The summed E-state index contributed by atoms with van der Waals surface area (Å²) < 4.78 is 0. The predicted octanol–water partition coefficient (Wildman–Crippen LogP) is 4.37. The second-order valence-electron chi connectivity index (χ2n) is 5.75. The second kappa shape index (κ2) is 5.48. The number of fused-ring (bicyclic) bond motifs is 1. The van der Waals surface area contributed by atoms with Crippen LogP contribution in [0.2, 0.25) is 0 Å². The van der Waals surface area contributed by atoms with Crippen LogP contribution >= 0.6 is 11.3 Å². The van der Waals surface area contributed by atoms with E-state index in [2.05, 4.69) is 60.9 Å². The fraction of sp³-hybridized carbons (Fsp3) is 0.412. The SMILES string of the molecule is CC(C)C(NCC1Cc2ccccc21)c1cccs1. The fourth-order valence-electron chi connectivity index (χ4n) is 2.95. The van der Waals surface area contributed by atoms with Gasteiger partial charge in [0.25, 0.3) is 0 Å². The molecule has 1 aromatic heterocycles. The molecule has 19 heavy (non-hydrogen) atoms. The second-order valence-corrected chi connectivity index (χ2v) is 6.72. The van der Waals surface area contributed by atoms with Gasteiger partial charge < -0.3 is 5.32 Å². The molecule has 0 saturated heterocycles. The monoisotopic (exact) mass is 271 g/mol. The van der Waals surface area contributed by atoms with Crippen molar-refractivity contribution in [3.63, 3.8) is 0 Å². The number of benzene rings is 1. The maximum absolute atomic E-state index is 3.77. The van der Waals surface area contributed by atoms with Crippen molar-refractivity contribution in [1.29, 1.82) is 0 Å². The lowest BCUT2D eigenvalue weighted by Gasteiger charge is -2.32. The highest BCUT2D eigenvalue weighted by Crippen LogP contribution is 2.35. The highest BCUT2D eigenvalue weighted by atomic mass is 32.1. The minimum absolute atomic E-state index is 0.493. The highest BCUT2D eigenvalue weighted by molar-refractivity contribution is 7.10. The van der Waals surface area contributed by atoms with Crippen molar-refractivity contribution in [3.05, 3.63) is 57.8 Å². The number of hydrogen-bond donors (Lipinski definition) is 1. The first-order valence-electron chi connectivity index (χ1n) is 7.10. The Balaban J connectivity index is 1.63. The summed E-state index contributed by atoms with van der Waals surface area (Å²) in [6.07, 6.45) is 1.23. The minimum atomic E-state index is 0.493. The first-order chi connectivity index (χ1) is 9.25. The summed E-state index contributed by atoms with van der Waals surface area (Å²) in [5.41, 5.74) is 3.08. The van der Waals surface area contributed by atoms with Gasteiger partial charge in [-0.15, -0.1) is 11.3 Å². The molecule has 1 N–H and O–H groups in total. The van der Waals surface area contributed by atoms with Gasteiger partial charge in [-0.05, 0) is 34.9 Å². The molecule has 1 aromatic carbocycles. The fourth-order valence-corrected chi connectivity index (χ4v) is 3.92. The molecule has 0 saturated carbocycles. The topological polar surface area (TPSA) is 12.0 Å². The number of nitrogens with one attached hydrogen (secondary N) is 1. The Morgan fingerprint density at radius 3 is 2.74 bits per heavy atom. The van der Waals surface area contributed by atoms with Crippen molar-refractivity contribution >= 4 is 11.3 Å². The summed E-state index contributed by atoms with van der Waals surface area (Å²) in [4.78, 5) is 1.46. The van der Waals surface area contributed by atoms with Gasteiger partial charge in [0.05, 0.1) is 0 Å². The average Bonchev–Trinajstić information content (AvgIpc) is 2.88. The zero-order chi connectivity index (χ0) is 13.2. The van der Waals surface area contributed by atoms with E-state index in [1.54, 1.807) is 5.56 Å². The molecule has 1 heterocycles. The van der Waals surface area contributed by atoms with E-state index >= 15 is 0 Å². The summed E-state index contributed by atoms with van der Waals surface area (Å²) in [5, 5.41) is 5.95. The minimum Gasteiger partial charge on any atom is -0.308 e. The Bertz CT molecular complexity index is 530. The van der Waals surface area contributed by atoms with Gasteiger partial charge in [-0.3, -0.25) is 0 Å². The predicted molar refractivity (Wildman–Crippen MR) is 82.8 cm³/mol. The molecule has 3 rings (SSSR count). The lowest BCUT2D eigenvalue weighted by Crippen LogP contribution is -2.33. The standard InChI is InChI=1S/C17H21NS/c1-12(2)17(16-8-5-9-19-16)18-11-14-10-13-6-3-4-7-15(13)14/h3-9,12,14,17-18H,10-11H2,1-2H3. The maximum Gasteiger partial charge on any atom is 0.0438 e. The molecule has 0 spiro atoms. The van der Waals surface area contributed by atoms with E-state index in [4.69, 9.17) is 0 Å². The largest absolute Gasteiger partial charge is 0.308 e. The van der Waals surface area contributed by atoms with E-state index in [1.165, 1.54) is 16.9 Å². The zero-order valence-corrected chi connectivity index (χ0v) is 12.4. The number of rotatable bonds is 5. The van der Waals surface area contributed by atoms with Crippen LogP contribution in [0, 0.1) is 5.92 Å². The van der Waals surface area contributed by atoms with Crippen LogP contribution in [0.4, 0.5) is 0 Å². The van der Waals surface area contributed by atoms with Crippen LogP contribution in [0.25, 0.3) is 0 Å². The first-order valence-corrected chi connectivity index (χ1v) is 7.98. The van der Waals surface area contributed by atoms with Crippen LogP contribution in [-0.4, -0.2) is 6.54 Å². The van der Waals surface area contributed by atoms with Gasteiger partial charge in [-0.25, -0.2) is 0 Å². The molecule has 100 valence electrons. The van der Waals surface area contributed by atoms with Crippen LogP contribution in [0.3, 0.4) is 0 Å². The molecule has 1 aliphatic carbocycles. The average molecular weight is 271 g/mol. The molecular formula is C17H21NS. The van der Waals surface area contributed by atoms with E-state index < -0.39 is 0 Å². The van der Waals surface area contributed by atoms with E-state index in [-0.39, 0.29) is 0 Å². The highest BCUT2D eigenvalue weighted by Gasteiger charge is 2.26. The summed E-state index contributed by atoms with van der Waals surface area (Å²) in [6, 6.07) is 13.7. The molecule has 2 aromatic rings. The van der Waals surface area contributed by atoms with Gasteiger partial charge in [-0.2, -0.15) is 0 Å². The third kappa shape index (κ3) is 2.60. The first kappa shape index (κ1) is 12.9. The van der Waals surface area contributed by atoms with Crippen molar-refractivity contribution in [2.24, 2.45) is 5.92 Å². The van der Waals surface area contributed by atoms with E-state index in [9.17, 15) is 0 Å². The van der Waals surface area contributed by atoms with Crippen molar-refractivity contribution in [2.75, 3.05) is 6.54 Å². The summed E-state index contributed by atoms with van der Waals surface area (Å²) in [5.74, 6) is 1.34. The Hall–Kier alpha value is -1.12. The number of thiophene rings is 1. The molecular weight excluding hydrogens is 250 g/mol. The molecule has 0 fully saturated rings. The van der Waals surface area contributed by atoms with E-state index in [1.807, 2.05) is 11.3 Å². The summed E-state index contributed by atoms with van der Waals surface area (Å²) in [7, 11) is 0. The van der Waals surface area contributed by atoms with Crippen molar-refractivity contribution < 1.29 is 0 Å². The smallest absolute Gasteiger partial charge is 0.0438 e. The van der Waals surface area contributed by atoms with Crippen molar-refractivity contribution in [3.8, 4) is 0 Å². The van der Waals surface area contributed by atoms with E-state index in [0.29, 0.717) is 17.9 Å². The quantitative estimate of drug-likeness (QED) is 0.851. The van der Waals surface area contributed by atoms with Gasteiger partial charge in [0, 0.05) is 23.4 Å². The van der Waals surface area contributed by atoms with Crippen LogP contribution in [0.15, 0.2) is 41.8 Å². The van der Waals surface area contributed by atoms with Crippen LogP contribution in [0.5, 0.6) is 0 Å². The molecule has 1 nitrogen and oxygen atoms in total. The van der Waals surface area contributed by atoms with Crippen molar-refractivity contribution in [1.82, 2.24) is 5.32 Å². The number of hydrogen-bond acceptors (Lipinski definition) is 2. The van der Waals surface area contributed by atoms with Crippen LogP contribution < -0.4 is 5.32 Å². The molecule has 1 aliphatic rings. The van der Waals surface area contributed by atoms with Gasteiger partial charge in [0.15, 0.2) is 0 Å². The lowest BCUT2D eigenvalue weighted by atomic mass is 9.77. The third-order valence-electron chi connectivity index (χ3n) is 4.06. The normalized spacial score (nSPS) is 19.0. The Morgan fingerprint density at radius 1 is 1.21 bits per heavy atom. The Morgan fingerprint density at radius 2 is 2.05 bits per heavy atom. The lowest BCUT2D eigenvalue weighted by molar-refractivity contribution is 0.392. The van der Waals surface area contributed by atoms with E-state index in [0.717, 1.165) is 6.54 Å². The van der Waals surface area contributed by atoms with Crippen LogP contribution in [0.1, 0.15) is 41.8 Å². The molecule has 2 heteroatoms. The molecule has 2 atom stereocenters. The van der Waals surface area contributed by atoms with Crippen molar-refractivity contribution in [2.45, 2.75) is 32.2 Å². The van der Waals surface area contributed by atoms with Gasteiger partial charge >= 0.3 is 0 Å². The third-order valence-corrected chi connectivity index (χ3v) is 5.02. The maximum atomic E-state index is 3.77. The molecule has 0 radical (unpaired) electrons. The molecule has 0 amide bonds. The summed E-state index contributed by atoms with van der Waals surface area (Å²) >= 11 is 1.86. The van der Waals surface area contributed by atoms with Crippen LogP contribution in [-0.2, 0) is 6.42 Å².